The third kappa shape index (κ3) is 2.71. The first-order valence-corrected chi connectivity index (χ1v) is 6.96. The minimum absolute atomic E-state index is 0.111. The number of thioether (sulfide) groups is 1. The minimum Gasteiger partial charge on any atom is -0.325 e. The Bertz CT molecular complexity index is 377. The number of hydrogen-bond acceptors (Lipinski definition) is 2. The number of anilines is 1. The van der Waals surface area contributed by atoms with Crippen LogP contribution in [0, 0.1) is 0 Å². The summed E-state index contributed by atoms with van der Waals surface area (Å²) in [6.07, 6.45) is 2.12. The van der Waals surface area contributed by atoms with Crippen LogP contribution >= 0.6 is 23.4 Å². The maximum Gasteiger partial charge on any atom is 0.237 e. The molecule has 86 valence electrons. The molecule has 1 unspecified atom stereocenters. The summed E-state index contributed by atoms with van der Waals surface area (Å²) in [5.41, 5.74) is 1.82. The molecule has 0 aliphatic carbocycles. The number of carbonyl (C=O) groups excluding carboxylic acids is 1. The molecule has 0 radical (unpaired) electrons. The van der Waals surface area contributed by atoms with Gasteiger partial charge in [-0.15, -0.1) is 23.4 Å². The van der Waals surface area contributed by atoms with Crippen molar-refractivity contribution in [2.24, 2.45) is 0 Å². The zero-order valence-electron chi connectivity index (χ0n) is 8.91. The van der Waals surface area contributed by atoms with Crippen molar-refractivity contribution in [3.05, 3.63) is 29.8 Å². The normalized spacial score (nSPS) is 19.7. The Labute approximate surface area is 105 Å². The van der Waals surface area contributed by atoms with Crippen LogP contribution < -0.4 is 5.32 Å². The van der Waals surface area contributed by atoms with Crippen LogP contribution in [0.2, 0.25) is 0 Å². The fourth-order valence-electron chi connectivity index (χ4n) is 1.76. The average molecular weight is 256 g/mol. The number of benzene rings is 1. The lowest BCUT2D eigenvalue weighted by Gasteiger charge is -2.12. The van der Waals surface area contributed by atoms with E-state index >= 15 is 0 Å². The van der Waals surface area contributed by atoms with Crippen LogP contribution in [-0.4, -0.2) is 16.9 Å². The third-order valence-electron chi connectivity index (χ3n) is 2.64. The van der Waals surface area contributed by atoms with Crippen molar-refractivity contribution in [2.75, 3.05) is 11.1 Å². The van der Waals surface area contributed by atoms with Gasteiger partial charge < -0.3 is 5.32 Å². The molecule has 1 N–H and O–H groups in total. The van der Waals surface area contributed by atoms with E-state index in [1.54, 1.807) is 11.8 Å². The standard InChI is InChI=1S/C12H14ClNOS/c13-8-9-4-1-2-5-10(9)14-12(15)11-6-3-7-16-11/h1-2,4-5,11H,3,6-8H2,(H,14,15). The molecule has 1 heterocycles. The average Bonchev–Trinajstić information content (AvgIpc) is 2.83. The lowest BCUT2D eigenvalue weighted by atomic mass is 10.2. The fraction of sp³-hybridized carbons (Fsp3) is 0.417. The van der Waals surface area contributed by atoms with Crippen LogP contribution in [0.1, 0.15) is 18.4 Å². The van der Waals surface area contributed by atoms with E-state index in [9.17, 15) is 4.79 Å². The molecule has 1 aromatic rings. The number of rotatable bonds is 3. The molecule has 2 rings (SSSR count). The molecule has 1 saturated heterocycles. The molecule has 1 atom stereocenters. The van der Waals surface area contributed by atoms with E-state index < -0.39 is 0 Å². The summed E-state index contributed by atoms with van der Waals surface area (Å²) < 4.78 is 0. The highest BCUT2D eigenvalue weighted by molar-refractivity contribution is 8.00. The Hall–Kier alpha value is -0.670. The summed E-state index contributed by atoms with van der Waals surface area (Å²) in [6.45, 7) is 0. The van der Waals surface area contributed by atoms with Crippen molar-refractivity contribution >= 4 is 35.0 Å². The maximum absolute atomic E-state index is 11.9. The lowest BCUT2D eigenvalue weighted by molar-refractivity contribution is -0.115. The van der Waals surface area contributed by atoms with E-state index in [4.69, 9.17) is 11.6 Å². The predicted molar refractivity (Wildman–Crippen MR) is 70.1 cm³/mol. The quantitative estimate of drug-likeness (QED) is 0.840. The summed E-state index contributed by atoms with van der Waals surface area (Å²) in [4.78, 5) is 11.9. The molecule has 0 bridgehead atoms. The Morgan fingerprint density at radius 2 is 2.31 bits per heavy atom. The van der Waals surface area contributed by atoms with Gasteiger partial charge in [0.05, 0.1) is 5.25 Å². The molecule has 0 aromatic heterocycles. The highest BCUT2D eigenvalue weighted by atomic mass is 35.5. The highest BCUT2D eigenvalue weighted by Gasteiger charge is 2.23. The first kappa shape index (κ1) is 11.8. The van der Waals surface area contributed by atoms with E-state index in [2.05, 4.69) is 5.32 Å². The number of amides is 1. The second kappa shape index (κ2) is 5.60. The van der Waals surface area contributed by atoms with Gasteiger partial charge in [0.1, 0.15) is 0 Å². The zero-order chi connectivity index (χ0) is 11.4. The largest absolute Gasteiger partial charge is 0.325 e. The van der Waals surface area contributed by atoms with Gasteiger partial charge >= 0.3 is 0 Å². The Balaban J connectivity index is 2.05. The third-order valence-corrected chi connectivity index (χ3v) is 4.31. The summed E-state index contributed by atoms with van der Waals surface area (Å²) in [5.74, 6) is 1.63. The monoisotopic (exact) mass is 255 g/mol. The highest BCUT2D eigenvalue weighted by Crippen LogP contribution is 2.27. The molecule has 1 aliphatic rings. The predicted octanol–water partition coefficient (Wildman–Crippen LogP) is 3.26. The molecule has 2 nitrogen and oxygen atoms in total. The number of alkyl halides is 1. The van der Waals surface area contributed by atoms with Crippen LogP contribution in [0.3, 0.4) is 0 Å². The van der Waals surface area contributed by atoms with E-state index in [1.807, 2.05) is 24.3 Å². The van der Waals surface area contributed by atoms with Gasteiger partial charge in [-0.25, -0.2) is 0 Å². The van der Waals surface area contributed by atoms with Gasteiger partial charge in [-0.2, -0.15) is 0 Å². The summed E-state index contributed by atoms with van der Waals surface area (Å²) >= 11 is 7.56. The minimum atomic E-state index is 0.111. The number of carbonyl (C=O) groups is 1. The second-order valence-corrected chi connectivity index (χ2v) is 5.36. The Kier molecular flexibility index (Phi) is 4.13. The number of halogens is 1. The van der Waals surface area contributed by atoms with Crippen molar-refractivity contribution in [3.63, 3.8) is 0 Å². The molecular weight excluding hydrogens is 242 g/mol. The smallest absolute Gasteiger partial charge is 0.237 e. The van der Waals surface area contributed by atoms with Gasteiger partial charge in [-0.3, -0.25) is 4.79 Å². The van der Waals surface area contributed by atoms with E-state index in [1.165, 1.54) is 0 Å². The van der Waals surface area contributed by atoms with E-state index in [-0.39, 0.29) is 11.2 Å². The fourth-order valence-corrected chi connectivity index (χ4v) is 3.15. The lowest BCUT2D eigenvalue weighted by Crippen LogP contribution is -2.23. The van der Waals surface area contributed by atoms with E-state index in [0.717, 1.165) is 29.8 Å². The molecule has 4 heteroatoms. The van der Waals surface area contributed by atoms with Crippen LogP contribution in [0.25, 0.3) is 0 Å². The molecule has 0 spiro atoms. The zero-order valence-corrected chi connectivity index (χ0v) is 10.5. The molecule has 0 saturated carbocycles. The van der Waals surface area contributed by atoms with Crippen molar-refractivity contribution < 1.29 is 4.79 Å². The second-order valence-electron chi connectivity index (χ2n) is 3.78. The van der Waals surface area contributed by atoms with Crippen LogP contribution in [0.15, 0.2) is 24.3 Å². The van der Waals surface area contributed by atoms with Crippen LogP contribution in [-0.2, 0) is 10.7 Å². The van der Waals surface area contributed by atoms with Crippen molar-refractivity contribution in [1.82, 2.24) is 0 Å². The Morgan fingerprint density at radius 1 is 1.50 bits per heavy atom. The summed E-state index contributed by atoms with van der Waals surface area (Å²) in [5, 5.41) is 3.07. The van der Waals surface area contributed by atoms with Gasteiger partial charge in [0.15, 0.2) is 0 Å². The molecule has 1 aliphatic heterocycles. The van der Waals surface area contributed by atoms with Gasteiger partial charge in [0.25, 0.3) is 0 Å². The van der Waals surface area contributed by atoms with Gasteiger partial charge in [-0.1, -0.05) is 18.2 Å². The van der Waals surface area contributed by atoms with Crippen molar-refractivity contribution in [3.8, 4) is 0 Å². The van der Waals surface area contributed by atoms with Gasteiger partial charge in [0.2, 0.25) is 5.91 Å². The first-order valence-electron chi connectivity index (χ1n) is 5.37. The molecule has 16 heavy (non-hydrogen) atoms. The number of nitrogens with one attached hydrogen (secondary N) is 1. The van der Waals surface area contributed by atoms with Crippen molar-refractivity contribution in [2.45, 2.75) is 24.0 Å². The maximum atomic E-state index is 11.9. The SMILES string of the molecule is O=C(Nc1ccccc1CCl)C1CCCS1. The summed E-state index contributed by atoms with van der Waals surface area (Å²) in [6, 6.07) is 7.67. The molecule has 1 fully saturated rings. The van der Waals surface area contributed by atoms with Crippen LogP contribution in [0.4, 0.5) is 5.69 Å². The molecule has 1 aromatic carbocycles. The Morgan fingerprint density at radius 3 is 3.00 bits per heavy atom. The number of para-hydroxylation sites is 1. The van der Waals surface area contributed by atoms with E-state index in [0.29, 0.717) is 5.88 Å². The summed E-state index contributed by atoms with van der Waals surface area (Å²) in [7, 11) is 0. The molecular formula is C12H14ClNOS. The first-order chi connectivity index (χ1) is 7.81. The molecule has 1 amide bonds. The van der Waals surface area contributed by atoms with Crippen LogP contribution in [0.5, 0.6) is 0 Å². The van der Waals surface area contributed by atoms with Gasteiger partial charge in [0, 0.05) is 11.6 Å². The topological polar surface area (TPSA) is 29.1 Å². The number of hydrogen-bond donors (Lipinski definition) is 1. The van der Waals surface area contributed by atoms with Crippen molar-refractivity contribution in [1.29, 1.82) is 0 Å². The van der Waals surface area contributed by atoms with Gasteiger partial charge in [-0.05, 0) is 30.2 Å².